The Morgan fingerprint density at radius 2 is 1.88 bits per heavy atom. The third-order valence-electron chi connectivity index (χ3n) is 1.70. The first-order chi connectivity index (χ1) is 7.25. The Morgan fingerprint density at radius 3 is 2.31 bits per heavy atom. The second-order valence-electron chi connectivity index (χ2n) is 3.06. The Hall–Kier alpha value is -0.790. The largest absolute Gasteiger partial charge is 0.480 e. The molecule has 0 saturated heterocycles. The summed E-state index contributed by atoms with van der Waals surface area (Å²) >= 11 is 2.89. The second-order valence-corrected chi connectivity index (χ2v) is 4.16. The molecule has 0 aromatic heterocycles. The Morgan fingerprint density at radius 1 is 1.31 bits per heavy atom. The number of carboxylic acids is 1. The molecular formula is C8H11BrF3NO3. The van der Waals surface area contributed by atoms with Crippen LogP contribution in [-0.4, -0.2) is 34.5 Å². The topological polar surface area (TPSA) is 66.4 Å². The van der Waals surface area contributed by atoms with Gasteiger partial charge in [0, 0.05) is 6.54 Å². The van der Waals surface area contributed by atoms with Crippen molar-refractivity contribution in [2.75, 3.05) is 6.54 Å². The van der Waals surface area contributed by atoms with Crippen molar-refractivity contribution in [2.45, 2.75) is 30.3 Å². The summed E-state index contributed by atoms with van der Waals surface area (Å²) in [5.74, 6) is -2.99. The van der Waals surface area contributed by atoms with Gasteiger partial charge in [0.05, 0.1) is 0 Å². The van der Waals surface area contributed by atoms with E-state index in [1.807, 2.05) is 0 Å². The third-order valence-corrected chi connectivity index (χ3v) is 2.54. The molecule has 0 aliphatic rings. The lowest BCUT2D eigenvalue weighted by Gasteiger charge is -2.08. The van der Waals surface area contributed by atoms with Crippen molar-refractivity contribution in [3.8, 4) is 0 Å². The highest BCUT2D eigenvalue weighted by atomic mass is 79.9. The van der Waals surface area contributed by atoms with E-state index < -0.39 is 22.9 Å². The fourth-order valence-electron chi connectivity index (χ4n) is 0.874. The fourth-order valence-corrected chi connectivity index (χ4v) is 1.20. The molecule has 0 rings (SSSR count). The number of halogens is 4. The molecule has 1 atom stereocenters. The van der Waals surface area contributed by atoms with E-state index >= 15 is 0 Å². The van der Waals surface area contributed by atoms with Gasteiger partial charge in [0.25, 0.3) is 0 Å². The Kier molecular flexibility index (Phi) is 6.39. The Balaban J connectivity index is 3.55. The van der Waals surface area contributed by atoms with E-state index in [2.05, 4.69) is 15.9 Å². The molecule has 0 heterocycles. The smallest absolute Gasteiger partial charge is 0.471 e. The number of unbranched alkanes of at least 4 members (excludes halogenated alkanes) is 1. The quantitative estimate of drug-likeness (QED) is 0.579. The molecule has 94 valence electrons. The van der Waals surface area contributed by atoms with Crippen molar-refractivity contribution in [1.29, 1.82) is 0 Å². The van der Waals surface area contributed by atoms with Crippen LogP contribution in [0.5, 0.6) is 0 Å². The summed E-state index contributed by atoms with van der Waals surface area (Å²) in [4.78, 5) is 20.0. The van der Waals surface area contributed by atoms with Gasteiger partial charge < -0.3 is 10.4 Å². The SMILES string of the molecule is O=C(O)C(Br)CCCCNC(=O)C(F)(F)F. The second kappa shape index (κ2) is 6.72. The zero-order chi connectivity index (χ0) is 12.8. The predicted octanol–water partition coefficient (Wildman–Crippen LogP) is 1.68. The number of alkyl halides is 4. The number of hydrogen-bond donors (Lipinski definition) is 2. The highest BCUT2D eigenvalue weighted by molar-refractivity contribution is 9.10. The summed E-state index contributed by atoms with van der Waals surface area (Å²) in [6.07, 6.45) is -3.84. The van der Waals surface area contributed by atoms with Gasteiger partial charge in [0.2, 0.25) is 0 Å². The minimum absolute atomic E-state index is 0.113. The molecule has 0 radical (unpaired) electrons. The number of amides is 1. The third kappa shape index (κ3) is 6.65. The maximum Gasteiger partial charge on any atom is 0.471 e. The van der Waals surface area contributed by atoms with E-state index in [0.29, 0.717) is 19.3 Å². The van der Waals surface area contributed by atoms with Gasteiger partial charge in [-0.25, -0.2) is 0 Å². The van der Waals surface area contributed by atoms with Crippen LogP contribution in [0.4, 0.5) is 13.2 Å². The molecule has 1 unspecified atom stereocenters. The lowest BCUT2D eigenvalue weighted by Crippen LogP contribution is -2.37. The van der Waals surface area contributed by atoms with Gasteiger partial charge in [-0.05, 0) is 19.3 Å². The van der Waals surface area contributed by atoms with Crippen molar-refractivity contribution in [3.63, 3.8) is 0 Å². The standard InChI is InChI=1S/C8H11BrF3NO3/c9-5(6(14)15)3-1-2-4-13-7(16)8(10,11)12/h5H,1-4H2,(H,13,16)(H,14,15). The molecule has 0 bridgehead atoms. The maximum atomic E-state index is 11.7. The van der Waals surface area contributed by atoms with Crippen LogP contribution in [-0.2, 0) is 9.59 Å². The van der Waals surface area contributed by atoms with Crippen molar-refractivity contribution in [3.05, 3.63) is 0 Å². The number of carbonyl (C=O) groups is 2. The predicted molar refractivity (Wildman–Crippen MR) is 53.3 cm³/mol. The summed E-state index contributed by atoms with van der Waals surface area (Å²) in [6.45, 7) is -0.113. The van der Waals surface area contributed by atoms with Gasteiger partial charge in [-0.1, -0.05) is 15.9 Å². The lowest BCUT2D eigenvalue weighted by molar-refractivity contribution is -0.173. The van der Waals surface area contributed by atoms with Crippen LogP contribution in [0.15, 0.2) is 0 Å². The average Bonchev–Trinajstić information content (AvgIpc) is 2.14. The average molecular weight is 306 g/mol. The molecule has 2 N–H and O–H groups in total. The molecule has 4 nitrogen and oxygen atoms in total. The van der Waals surface area contributed by atoms with E-state index in [-0.39, 0.29) is 6.54 Å². The molecule has 0 aromatic carbocycles. The number of carbonyl (C=O) groups excluding carboxylic acids is 1. The van der Waals surface area contributed by atoms with Crippen LogP contribution in [0.3, 0.4) is 0 Å². The van der Waals surface area contributed by atoms with E-state index in [0.717, 1.165) is 0 Å². The van der Waals surface area contributed by atoms with Crippen LogP contribution < -0.4 is 5.32 Å². The van der Waals surface area contributed by atoms with Crippen molar-refractivity contribution in [1.82, 2.24) is 5.32 Å². The highest BCUT2D eigenvalue weighted by Crippen LogP contribution is 2.14. The molecule has 16 heavy (non-hydrogen) atoms. The van der Waals surface area contributed by atoms with Gasteiger partial charge in [-0.15, -0.1) is 0 Å². The normalized spacial score (nSPS) is 13.2. The minimum Gasteiger partial charge on any atom is -0.480 e. The first kappa shape index (κ1) is 15.2. The van der Waals surface area contributed by atoms with Crippen molar-refractivity contribution in [2.24, 2.45) is 0 Å². The highest BCUT2D eigenvalue weighted by Gasteiger charge is 2.38. The molecule has 0 aliphatic heterocycles. The molecule has 1 amide bonds. The molecule has 0 spiro atoms. The molecule has 0 fully saturated rings. The number of carboxylic acid groups (broad SMARTS) is 1. The number of rotatable bonds is 6. The molecule has 0 aromatic rings. The Labute approximate surface area is 98.3 Å². The van der Waals surface area contributed by atoms with E-state index in [1.165, 1.54) is 0 Å². The van der Waals surface area contributed by atoms with Crippen LogP contribution in [0, 0.1) is 0 Å². The van der Waals surface area contributed by atoms with Gasteiger partial charge in [-0.3, -0.25) is 9.59 Å². The summed E-state index contributed by atoms with van der Waals surface area (Å²) < 4.78 is 35.1. The van der Waals surface area contributed by atoms with Gasteiger partial charge in [-0.2, -0.15) is 13.2 Å². The van der Waals surface area contributed by atoms with E-state index in [1.54, 1.807) is 5.32 Å². The molecule has 0 saturated carbocycles. The first-order valence-electron chi connectivity index (χ1n) is 4.47. The van der Waals surface area contributed by atoms with Crippen LogP contribution in [0.1, 0.15) is 19.3 Å². The van der Waals surface area contributed by atoms with Crippen molar-refractivity contribution >= 4 is 27.8 Å². The molecule has 0 aliphatic carbocycles. The monoisotopic (exact) mass is 305 g/mol. The van der Waals surface area contributed by atoms with Crippen LogP contribution in [0.2, 0.25) is 0 Å². The summed E-state index contributed by atoms with van der Waals surface area (Å²) in [6, 6.07) is 0. The number of aliphatic carboxylic acids is 1. The van der Waals surface area contributed by atoms with Gasteiger partial charge in [0.15, 0.2) is 0 Å². The van der Waals surface area contributed by atoms with Crippen LogP contribution in [0.25, 0.3) is 0 Å². The van der Waals surface area contributed by atoms with Gasteiger partial charge in [0.1, 0.15) is 4.83 Å². The summed E-state index contributed by atoms with van der Waals surface area (Å²) in [5, 5.41) is 10.2. The number of nitrogens with one attached hydrogen (secondary N) is 1. The zero-order valence-electron chi connectivity index (χ0n) is 8.18. The van der Waals surface area contributed by atoms with Crippen LogP contribution >= 0.6 is 15.9 Å². The Bertz CT molecular complexity index is 257. The van der Waals surface area contributed by atoms with Crippen molar-refractivity contribution < 1.29 is 27.9 Å². The summed E-state index contributed by atoms with van der Waals surface area (Å²) in [7, 11) is 0. The molecular weight excluding hydrogens is 295 g/mol. The first-order valence-corrected chi connectivity index (χ1v) is 5.38. The zero-order valence-corrected chi connectivity index (χ0v) is 9.77. The fraction of sp³-hybridized carbons (Fsp3) is 0.750. The minimum atomic E-state index is -4.86. The van der Waals surface area contributed by atoms with Gasteiger partial charge >= 0.3 is 18.1 Å². The molecule has 8 heteroatoms. The number of hydrogen-bond acceptors (Lipinski definition) is 2. The lowest BCUT2D eigenvalue weighted by atomic mass is 10.2. The maximum absolute atomic E-state index is 11.7. The van der Waals surface area contributed by atoms with E-state index in [9.17, 15) is 22.8 Å². The summed E-state index contributed by atoms with van der Waals surface area (Å²) in [5.41, 5.74) is 0. The van der Waals surface area contributed by atoms with E-state index in [4.69, 9.17) is 5.11 Å².